The van der Waals surface area contributed by atoms with Crippen LogP contribution in [0.1, 0.15) is 37.1 Å². The number of anilines is 1. The van der Waals surface area contributed by atoms with E-state index in [9.17, 15) is 4.79 Å². The van der Waals surface area contributed by atoms with Crippen molar-refractivity contribution in [2.75, 3.05) is 5.32 Å². The molecule has 0 radical (unpaired) electrons. The predicted octanol–water partition coefficient (Wildman–Crippen LogP) is 3.33. The summed E-state index contributed by atoms with van der Waals surface area (Å²) in [6.45, 7) is 1.79. The highest BCUT2D eigenvalue weighted by Crippen LogP contribution is 2.38. The fourth-order valence-corrected chi connectivity index (χ4v) is 2.94. The van der Waals surface area contributed by atoms with Crippen LogP contribution in [0.15, 0.2) is 23.4 Å². The topological polar surface area (TPSA) is 94.5 Å². The van der Waals surface area contributed by atoms with Gasteiger partial charge in [-0.3, -0.25) is 9.89 Å². The summed E-state index contributed by atoms with van der Waals surface area (Å²) in [6.07, 6.45) is 2.30. The summed E-state index contributed by atoms with van der Waals surface area (Å²) in [6, 6.07) is 6.77. The maximum absolute atomic E-state index is 12.2. The molecule has 1 unspecified atom stereocenters. The molecule has 0 bridgehead atoms. The summed E-state index contributed by atoms with van der Waals surface area (Å²) in [7, 11) is 0. The van der Waals surface area contributed by atoms with Gasteiger partial charge in [0.2, 0.25) is 11.1 Å². The highest BCUT2D eigenvalue weighted by atomic mass is 35.5. The zero-order valence-electron chi connectivity index (χ0n) is 12.3. The van der Waals surface area contributed by atoms with Crippen molar-refractivity contribution in [3.63, 3.8) is 0 Å². The minimum Gasteiger partial charge on any atom is -0.325 e. The predicted molar refractivity (Wildman–Crippen MR) is 88.5 cm³/mol. The third kappa shape index (κ3) is 3.84. The number of carbonyl (C=O) groups is 1. The third-order valence-corrected chi connectivity index (χ3v) is 4.73. The molecule has 1 aliphatic carbocycles. The summed E-state index contributed by atoms with van der Waals surface area (Å²) in [4.78, 5) is 16.6. The van der Waals surface area contributed by atoms with E-state index < -0.39 is 0 Å². The van der Waals surface area contributed by atoms with Crippen molar-refractivity contribution in [3.8, 4) is 6.07 Å². The summed E-state index contributed by atoms with van der Waals surface area (Å²) < 4.78 is 0. The zero-order chi connectivity index (χ0) is 16.4. The van der Waals surface area contributed by atoms with E-state index in [1.54, 1.807) is 25.1 Å². The Bertz CT molecular complexity index is 780. The van der Waals surface area contributed by atoms with Gasteiger partial charge in [-0.2, -0.15) is 5.26 Å². The summed E-state index contributed by atoms with van der Waals surface area (Å²) >= 11 is 7.26. The zero-order valence-corrected chi connectivity index (χ0v) is 13.9. The number of nitrogens with one attached hydrogen (secondary N) is 2. The van der Waals surface area contributed by atoms with E-state index in [4.69, 9.17) is 16.9 Å². The van der Waals surface area contributed by atoms with Gasteiger partial charge in [-0.25, -0.2) is 4.98 Å². The number of nitriles is 1. The van der Waals surface area contributed by atoms with Gasteiger partial charge in [0.1, 0.15) is 11.9 Å². The van der Waals surface area contributed by atoms with E-state index >= 15 is 0 Å². The SMILES string of the molecule is CC(Sc1n[nH]c(C2CC2)n1)C(=O)Nc1ccc(C#N)c(Cl)c1. The molecule has 23 heavy (non-hydrogen) atoms. The third-order valence-electron chi connectivity index (χ3n) is 3.45. The van der Waals surface area contributed by atoms with Crippen molar-refractivity contribution in [1.82, 2.24) is 15.2 Å². The number of benzene rings is 1. The number of rotatable bonds is 5. The molecule has 1 aromatic carbocycles. The molecule has 1 atom stereocenters. The minimum atomic E-state index is -0.354. The number of nitrogens with zero attached hydrogens (tertiary/aromatic N) is 3. The van der Waals surface area contributed by atoms with Crippen LogP contribution in [0.3, 0.4) is 0 Å². The number of thioether (sulfide) groups is 1. The van der Waals surface area contributed by atoms with Gasteiger partial charge in [-0.05, 0) is 38.0 Å². The number of hydrogen-bond donors (Lipinski definition) is 2. The van der Waals surface area contributed by atoms with Crippen molar-refractivity contribution in [1.29, 1.82) is 5.26 Å². The molecule has 1 amide bonds. The van der Waals surface area contributed by atoms with E-state index in [1.807, 2.05) is 6.07 Å². The van der Waals surface area contributed by atoms with Crippen molar-refractivity contribution in [2.45, 2.75) is 36.1 Å². The molecular weight excluding hydrogens is 334 g/mol. The molecular formula is C15H14ClN5OS. The van der Waals surface area contributed by atoms with Gasteiger partial charge >= 0.3 is 0 Å². The summed E-state index contributed by atoms with van der Waals surface area (Å²) in [5.74, 6) is 1.23. The lowest BCUT2D eigenvalue weighted by atomic mass is 10.2. The van der Waals surface area contributed by atoms with Gasteiger partial charge in [-0.1, -0.05) is 23.4 Å². The number of aromatic nitrogens is 3. The smallest absolute Gasteiger partial charge is 0.237 e. The Morgan fingerprint density at radius 2 is 2.35 bits per heavy atom. The molecule has 6 nitrogen and oxygen atoms in total. The number of amides is 1. The Morgan fingerprint density at radius 3 is 3.00 bits per heavy atom. The maximum Gasteiger partial charge on any atom is 0.237 e. The average molecular weight is 348 g/mol. The molecule has 2 aromatic rings. The Labute approximate surface area is 142 Å². The van der Waals surface area contributed by atoms with Crippen LogP contribution in [-0.2, 0) is 4.79 Å². The average Bonchev–Trinajstić information content (AvgIpc) is 3.27. The van der Waals surface area contributed by atoms with E-state index in [0.29, 0.717) is 27.3 Å². The van der Waals surface area contributed by atoms with Gasteiger partial charge in [0.05, 0.1) is 15.8 Å². The number of hydrogen-bond acceptors (Lipinski definition) is 5. The second-order valence-corrected chi connectivity index (χ2v) is 7.05. The molecule has 1 aromatic heterocycles. The van der Waals surface area contributed by atoms with E-state index in [0.717, 1.165) is 18.7 Å². The molecule has 1 fully saturated rings. The van der Waals surface area contributed by atoms with Crippen LogP contribution in [0.2, 0.25) is 5.02 Å². The number of aromatic amines is 1. The van der Waals surface area contributed by atoms with Crippen LogP contribution in [-0.4, -0.2) is 26.3 Å². The van der Waals surface area contributed by atoms with E-state index in [1.165, 1.54) is 11.8 Å². The van der Waals surface area contributed by atoms with Crippen LogP contribution in [0, 0.1) is 11.3 Å². The number of carbonyl (C=O) groups excluding carboxylic acids is 1. The van der Waals surface area contributed by atoms with Crippen molar-refractivity contribution in [3.05, 3.63) is 34.6 Å². The fourth-order valence-electron chi connectivity index (χ4n) is 1.99. The largest absolute Gasteiger partial charge is 0.325 e. The molecule has 2 N–H and O–H groups in total. The lowest BCUT2D eigenvalue weighted by molar-refractivity contribution is -0.115. The first-order valence-electron chi connectivity index (χ1n) is 7.16. The van der Waals surface area contributed by atoms with Gasteiger partial charge in [-0.15, -0.1) is 5.10 Å². The van der Waals surface area contributed by atoms with Gasteiger partial charge in [0, 0.05) is 11.6 Å². The Balaban J connectivity index is 1.60. The van der Waals surface area contributed by atoms with Gasteiger partial charge in [0.25, 0.3) is 0 Å². The molecule has 8 heteroatoms. The summed E-state index contributed by atoms with van der Waals surface area (Å²) in [5.41, 5.74) is 0.931. The molecule has 3 rings (SSSR count). The molecule has 0 saturated heterocycles. The van der Waals surface area contributed by atoms with Gasteiger partial charge in [0.15, 0.2) is 0 Å². The Hall–Kier alpha value is -2.04. The first kappa shape index (κ1) is 15.8. The minimum absolute atomic E-state index is 0.173. The molecule has 118 valence electrons. The normalized spacial score (nSPS) is 15.0. The van der Waals surface area contributed by atoms with Crippen LogP contribution in [0.25, 0.3) is 0 Å². The maximum atomic E-state index is 12.2. The van der Waals surface area contributed by atoms with Crippen LogP contribution < -0.4 is 5.32 Å². The first-order chi connectivity index (χ1) is 11.1. The monoisotopic (exact) mass is 347 g/mol. The summed E-state index contributed by atoms with van der Waals surface area (Å²) in [5, 5.41) is 19.2. The number of H-pyrrole nitrogens is 1. The highest BCUT2D eigenvalue weighted by Gasteiger charge is 2.27. The Kier molecular flexibility index (Phi) is 4.55. The lowest BCUT2D eigenvalue weighted by Gasteiger charge is -2.10. The standard InChI is InChI=1S/C15H14ClN5OS/c1-8(23-15-19-13(20-21-15)9-2-3-9)14(22)18-11-5-4-10(7-17)12(16)6-11/h4-6,8-9H,2-3H2,1H3,(H,18,22)(H,19,20,21). The molecule has 1 saturated carbocycles. The molecule has 0 spiro atoms. The second kappa shape index (κ2) is 6.60. The van der Waals surface area contributed by atoms with Gasteiger partial charge < -0.3 is 5.32 Å². The van der Waals surface area contributed by atoms with E-state index in [2.05, 4.69) is 20.5 Å². The molecule has 1 heterocycles. The quantitative estimate of drug-likeness (QED) is 0.809. The molecule has 0 aliphatic heterocycles. The van der Waals surface area contributed by atoms with Crippen LogP contribution in [0.4, 0.5) is 5.69 Å². The fraction of sp³-hybridized carbons (Fsp3) is 0.333. The highest BCUT2D eigenvalue weighted by molar-refractivity contribution is 8.00. The van der Waals surface area contributed by atoms with E-state index in [-0.39, 0.29) is 11.2 Å². The van der Waals surface area contributed by atoms with Crippen molar-refractivity contribution in [2.24, 2.45) is 0 Å². The second-order valence-electron chi connectivity index (χ2n) is 5.33. The lowest BCUT2D eigenvalue weighted by Crippen LogP contribution is -2.22. The Morgan fingerprint density at radius 1 is 1.57 bits per heavy atom. The number of halogens is 1. The molecule has 1 aliphatic rings. The van der Waals surface area contributed by atoms with Crippen LogP contribution in [0.5, 0.6) is 0 Å². The first-order valence-corrected chi connectivity index (χ1v) is 8.42. The van der Waals surface area contributed by atoms with Crippen molar-refractivity contribution < 1.29 is 4.79 Å². The van der Waals surface area contributed by atoms with Crippen LogP contribution >= 0.6 is 23.4 Å². The van der Waals surface area contributed by atoms with Crippen molar-refractivity contribution >= 4 is 35.0 Å².